The SMILES string of the molecule is CC(C)(Oc1ccc(Cl)cc1)C(=O)OCc1nc2sc3c(c2c(=O)[nH]1)CCC3. The standard InChI is InChI=1S/C20H19ClN2O4S/c1-20(2,27-12-8-6-11(21)7-9-12)19(25)26-10-15-22-17(24)16-13-4-3-5-14(13)28-18(16)23-15/h6-9H,3-5,10H2,1-2H3,(H,22,23,24). The first-order chi connectivity index (χ1) is 13.3. The first-order valence-electron chi connectivity index (χ1n) is 8.99. The van der Waals surface area contributed by atoms with Crippen LogP contribution < -0.4 is 10.3 Å². The van der Waals surface area contributed by atoms with Crippen molar-refractivity contribution in [1.82, 2.24) is 9.97 Å². The quantitative estimate of drug-likeness (QED) is 0.632. The molecule has 28 heavy (non-hydrogen) atoms. The summed E-state index contributed by atoms with van der Waals surface area (Å²) in [6.07, 6.45) is 3.00. The highest BCUT2D eigenvalue weighted by molar-refractivity contribution is 7.18. The monoisotopic (exact) mass is 418 g/mol. The molecule has 0 bridgehead atoms. The molecule has 0 atom stereocenters. The molecule has 0 unspecified atom stereocenters. The van der Waals surface area contributed by atoms with Crippen LogP contribution in [0.2, 0.25) is 5.02 Å². The molecule has 2 heterocycles. The second-order valence-corrected chi connectivity index (χ2v) is 8.71. The third-order valence-corrected chi connectivity index (χ3v) is 6.08. The van der Waals surface area contributed by atoms with Crippen LogP contribution in [0.15, 0.2) is 29.1 Å². The van der Waals surface area contributed by atoms with E-state index in [0.29, 0.717) is 26.8 Å². The van der Waals surface area contributed by atoms with Crippen LogP contribution in [0.4, 0.5) is 0 Å². The van der Waals surface area contributed by atoms with E-state index in [1.807, 2.05) is 0 Å². The van der Waals surface area contributed by atoms with Gasteiger partial charge in [-0.1, -0.05) is 11.6 Å². The second-order valence-electron chi connectivity index (χ2n) is 7.19. The average Bonchev–Trinajstić information content (AvgIpc) is 3.22. The molecule has 2 aromatic heterocycles. The first-order valence-corrected chi connectivity index (χ1v) is 10.2. The number of nitrogens with zero attached hydrogens (tertiary/aromatic N) is 1. The molecule has 0 radical (unpaired) electrons. The Morgan fingerprint density at radius 3 is 2.79 bits per heavy atom. The van der Waals surface area contributed by atoms with Gasteiger partial charge in [-0.05, 0) is 62.9 Å². The molecular weight excluding hydrogens is 400 g/mol. The number of hydrogen-bond acceptors (Lipinski definition) is 6. The molecule has 0 amide bonds. The van der Waals surface area contributed by atoms with E-state index in [2.05, 4.69) is 9.97 Å². The van der Waals surface area contributed by atoms with Gasteiger partial charge in [-0.3, -0.25) is 4.79 Å². The minimum absolute atomic E-state index is 0.125. The van der Waals surface area contributed by atoms with Gasteiger partial charge in [-0.25, -0.2) is 9.78 Å². The number of aromatic amines is 1. The predicted octanol–water partition coefficient (Wildman–Crippen LogP) is 4.03. The van der Waals surface area contributed by atoms with E-state index in [1.165, 1.54) is 4.88 Å². The highest BCUT2D eigenvalue weighted by Gasteiger charge is 2.32. The van der Waals surface area contributed by atoms with Crippen LogP contribution in [-0.2, 0) is 29.0 Å². The first kappa shape index (κ1) is 19.0. The lowest BCUT2D eigenvalue weighted by Crippen LogP contribution is -2.39. The molecule has 0 aliphatic heterocycles. The molecule has 0 fully saturated rings. The highest BCUT2D eigenvalue weighted by Crippen LogP contribution is 2.34. The van der Waals surface area contributed by atoms with Gasteiger partial charge in [0, 0.05) is 9.90 Å². The summed E-state index contributed by atoms with van der Waals surface area (Å²) in [5, 5.41) is 1.26. The maximum atomic E-state index is 12.5. The van der Waals surface area contributed by atoms with Crippen LogP contribution in [0.1, 0.15) is 36.5 Å². The maximum Gasteiger partial charge on any atom is 0.350 e. The Kier molecular flexibility index (Phi) is 4.89. The van der Waals surface area contributed by atoms with Gasteiger partial charge in [0.1, 0.15) is 23.0 Å². The molecule has 8 heteroatoms. The number of ether oxygens (including phenoxy) is 2. The van der Waals surface area contributed by atoms with Gasteiger partial charge in [-0.15, -0.1) is 11.3 Å². The molecule has 1 N–H and O–H groups in total. The van der Waals surface area contributed by atoms with Gasteiger partial charge in [0.2, 0.25) is 0 Å². The minimum atomic E-state index is -1.21. The van der Waals surface area contributed by atoms with E-state index in [0.717, 1.165) is 24.8 Å². The molecule has 0 saturated heterocycles. The lowest BCUT2D eigenvalue weighted by atomic mass is 10.1. The van der Waals surface area contributed by atoms with Crippen molar-refractivity contribution in [2.75, 3.05) is 0 Å². The molecule has 3 aromatic rings. The second kappa shape index (κ2) is 7.22. The third kappa shape index (κ3) is 3.64. The van der Waals surface area contributed by atoms with Gasteiger partial charge in [-0.2, -0.15) is 0 Å². The topological polar surface area (TPSA) is 81.3 Å². The summed E-state index contributed by atoms with van der Waals surface area (Å²) in [6, 6.07) is 6.72. The summed E-state index contributed by atoms with van der Waals surface area (Å²) in [5.74, 6) is 0.277. The molecule has 4 rings (SSSR count). The van der Waals surface area contributed by atoms with E-state index >= 15 is 0 Å². The van der Waals surface area contributed by atoms with Gasteiger partial charge < -0.3 is 14.5 Å². The number of halogens is 1. The van der Waals surface area contributed by atoms with Crippen LogP contribution in [0.5, 0.6) is 5.75 Å². The van der Waals surface area contributed by atoms with Gasteiger partial charge in [0.15, 0.2) is 5.60 Å². The van der Waals surface area contributed by atoms with Crippen molar-refractivity contribution in [2.24, 2.45) is 0 Å². The Balaban J connectivity index is 1.47. The number of thiophene rings is 1. The summed E-state index contributed by atoms with van der Waals surface area (Å²) >= 11 is 7.41. The molecule has 0 spiro atoms. The number of aryl methyl sites for hydroxylation is 2. The zero-order chi connectivity index (χ0) is 19.9. The van der Waals surface area contributed by atoms with E-state index in [-0.39, 0.29) is 12.2 Å². The van der Waals surface area contributed by atoms with Crippen molar-refractivity contribution >= 4 is 39.1 Å². The van der Waals surface area contributed by atoms with Crippen LogP contribution >= 0.6 is 22.9 Å². The Morgan fingerprint density at radius 1 is 1.29 bits per heavy atom. The fraction of sp³-hybridized carbons (Fsp3) is 0.350. The minimum Gasteiger partial charge on any atom is -0.476 e. The Bertz CT molecular complexity index is 1100. The van der Waals surface area contributed by atoms with Gasteiger partial charge in [0.05, 0.1) is 5.39 Å². The summed E-state index contributed by atoms with van der Waals surface area (Å²) in [5.41, 5.74) is -0.260. The maximum absolute atomic E-state index is 12.5. The van der Waals surface area contributed by atoms with Crippen molar-refractivity contribution in [3.05, 3.63) is 55.9 Å². The number of carbonyl (C=O) groups is 1. The molecule has 146 valence electrons. The van der Waals surface area contributed by atoms with Crippen molar-refractivity contribution < 1.29 is 14.3 Å². The number of aromatic nitrogens is 2. The average molecular weight is 419 g/mol. The number of benzene rings is 1. The normalized spacial score (nSPS) is 13.5. The zero-order valence-corrected chi connectivity index (χ0v) is 17.1. The van der Waals surface area contributed by atoms with Crippen molar-refractivity contribution in [3.63, 3.8) is 0 Å². The van der Waals surface area contributed by atoms with Crippen molar-refractivity contribution in [1.29, 1.82) is 0 Å². The highest BCUT2D eigenvalue weighted by atomic mass is 35.5. The molecule has 6 nitrogen and oxygen atoms in total. The molecule has 1 aliphatic rings. The predicted molar refractivity (Wildman–Crippen MR) is 108 cm³/mol. The van der Waals surface area contributed by atoms with E-state index in [4.69, 9.17) is 21.1 Å². The van der Waals surface area contributed by atoms with Crippen LogP contribution in [0, 0.1) is 0 Å². The van der Waals surface area contributed by atoms with Crippen molar-refractivity contribution in [2.45, 2.75) is 45.3 Å². The Morgan fingerprint density at radius 2 is 2.04 bits per heavy atom. The third-order valence-electron chi connectivity index (χ3n) is 4.64. The molecule has 1 aromatic carbocycles. The summed E-state index contributed by atoms with van der Waals surface area (Å²) in [7, 11) is 0. The lowest BCUT2D eigenvalue weighted by Gasteiger charge is -2.24. The lowest BCUT2D eigenvalue weighted by molar-refractivity contribution is -0.161. The molecular formula is C20H19ClN2O4S. The van der Waals surface area contributed by atoms with Crippen molar-refractivity contribution in [3.8, 4) is 5.75 Å². The number of fused-ring (bicyclic) bond motifs is 3. The fourth-order valence-corrected chi connectivity index (χ4v) is 4.67. The van der Waals surface area contributed by atoms with Gasteiger partial charge in [0.25, 0.3) is 5.56 Å². The number of carbonyl (C=O) groups excluding carboxylic acids is 1. The van der Waals surface area contributed by atoms with Gasteiger partial charge >= 0.3 is 5.97 Å². The largest absolute Gasteiger partial charge is 0.476 e. The van der Waals surface area contributed by atoms with E-state index in [9.17, 15) is 9.59 Å². The zero-order valence-electron chi connectivity index (χ0n) is 15.5. The fourth-order valence-electron chi connectivity index (χ4n) is 3.26. The van der Waals surface area contributed by atoms with Crippen LogP contribution in [0.3, 0.4) is 0 Å². The summed E-state index contributed by atoms with van der Waals surface area (Å²) < 4.78 is 11.1. The number of esters is 1. The smallest absolute Gasteiger partial charge is 0.350 e. The molecule has 0 saturated carbocycles. The Labute approximate surface area is 170 Å². The summed E-state index contributed by atoms with van der Waals surface area (Å²) in [4.78, 5) is 34.1. The summed E-state index contributed by atoms with van der Waals surface area (Å²) in [6.45, 7) is 3.11. The number of nitrogens with one attached hydrogen (secondary N) is 1. The Hall–Kier alpha value is -2.38. The number of hydrogen-bond donors (Lipinski definition) is 1. The number of H-pyrrole nitrogens is 1. The number of rotatable bonds is 5. The van der Waals surface area contributed by atoms with E-state index in [1.54, 1.807) is 49.4 Å². The van der Waals surface area contributed by atoms with Crippen LogP contribution in [-0.4, -0.2) is 21.5 Å². The molecule has 1 aliphatic carbocycles. The van der Waals surface area contributed by atoms with E-state index < -0.39 is 11.6 Å². The van der Waals surface area contributed by atoms with Crippen LogP contribution in [0.25, 0.3) is 10.2 Å².